The second-order valence-corrected chi connectivity index (χ2v) is 10.3. The average molecular weight is 436 g/mol. The Hall–Kier alpha value is -1.93. The molecule has 1 aliphatic heterocycles. The first-order valence-electron chi connectivity index (χ1n) is 9.91. The molecule has 0 bridgehead atoms. The van der Waals surface area contributed by atoms with Crippen LogP contribution in [0.3, 0.4) is 0 Å². The molecule has 8 heteroatoms. The molecule has 0 aliphatic carbocycles. The minimum Gasteiger partial charge on any atom is -0.444 e. The number of thiophene rings is 1. The maximum atomic E-state index is 12.8. The van der Waals surface area contributed by atoms with Gasteiger partial charge in [-0.15, -0.1) is 22.7 Å². The van der Waals surface area contributed by atoms with Crippen LogP contribution < -0.4 is 0 Å². The van der Waals surface area contributed by atoms with Crippen LogP contribution in [0, 0.1) is 5.92 Å². The van der Waals surface area contributed by atoms with Gasteiger partial charge in [0.1, 0.15) is 10.6 Å². The fraction of sp³-hybridized carbons (Fsp3) is 0.571. The summed E-state index contributed by atoms with van der Waals surface area (Å²) in [4.78, 5) is 34.3. The lowest BCUT2D eigenvalue weighted by atomic mass is 9.97. The van der Waals surface area contributed by atoms with Gasteiger partial charge >= 0.3 is 6.09 Å². The molecule has 0 radical (unpaired) electrons. The van der Waals surface area contributed by atoms with Gasteiger partial charge in [0.05, 0.1) is 17.0 Å². The third kappa shape index (κ3) is 6.27. The Bertz CT molecular complexity index is 827. The van der Waals surface area contributed by atoms with Gasteiger partial charge in [0.25, 0.3) is 0 Å². The zero-order valence-corrected chi connectivity index (χ0v) is 19.1. The molecule has 0 N–H and O–H groups in total. The zero-order valence-electron chi connectivity index (χ0n) is 17.5. The third-order valence-electron chi connectivity index (χ3n) is 4.72. The van der Waals surface area contributed by atoms with Crippen molar-refractivity contribution >= 4 is 34.7 Å². The number of piperidine rings is 1. The summed E-state index contributed by atoms with van der Waals surface area (Å²) in [5, 5.41) is 4.98. The Morgan fingerprint density at radius 2 is 2.14 bits per heavy atom. The molecule has 1 aliphatic rings. The number of ether oxygens (including phenoxy) is 1. The van der Waals surface area contributed by atoms with Gasteiger partial charge < -0.3 is 14.5 Å². The lowest BCUT2D eigenvalue weighted by molar-refractivity contribution is -0.132. The van der Waals surface area contributed by atoms with Crippen LogP contribution in [0.25, 0.3) is 9.88 Å². The second kappa shape index (κ2) is 9.26. The summed E-state index contributed by atoms with van der Waals surface area (Å²) in [7, 11) is 1.76. The number of aromatic nitrogens is 1. The molecule has 0 spiro atoms. The maximum absolute atomic E-state index is 12.8. The highest BCUT2D eigenvalue weighted by atomic mass is 32.1. The molecular formula is C21H29N3O3S2. The first kappa shape index (κ1) is 21.8. The van der Waals surface area contributed by atoms with Crippen LogP contribution in [0.5, 0.6) is 0 Å². The van der Waals surface area contributed by atoms with Gasteiger partial charge in [-0.2, -0.15) is 0 Å². The number of amides is 2. The largest absolute Gasteiger partial charge is 0.444 e. The SMILES string of the molecule is CN(CC1CCCN(C(=O)Cc2csc(-c3cccs3)n2)C1)C(=O)OC(C)(C)C. The van der Waals surface area contributed by atoms with Crippen molar-refractivity contribution in [1.82, 2.24) is 14.8 Å². The van der Waals surface area contributed by atoms with Crippen molar-refractivity contribution in [2.75, 3.05) is 26.7 Å². The Morgan fingerprint density at radius 3 is 2.83 bits per heavy atom. The van der Waals surface area contributed by atoms with E-state index < -0.39 is 5.60 Å². The van der Waals surface area contributed by atoms with Gasteiger partial charge in [0.2, 0.25) is 5.91 Å². The second-order valence-electron chi connectivity index (χ2n) is 8.51. The minimum absolute atomic E-state index is 0.109. The molecule has 1 fully saturated rings. The highest BCUT2D eigenvalue weighted by Crippen LogP contribution is 2.28. The molecule has 0 aromatic carbocycles. The number of carbonyl (C=O) groups excluding carboxylic acids is 2. The smallest absolute Gasteiger partial charge is 0.410 e. The van der Waals surface area contributed by atoms with E-state index in [-0.39, 0.29) is 17.9 Å². The molecule has 3 rings (SSSR count). The number of hydrogen-bond acceptors (Lipinski definition) is 6. The zero-order chi connectivity index (χ0) is 21.0. The molecule has 0 saturated carbocycles. The minimum atomic E-state index is -0.505. The summed E-state index contributed by atoms with van der Waals surface area (Å²) in [6.45, 7) is 7.63. The summed E-state index contributed by atoms with van der Waals surface area (Å²) in [5.41, 5.74) is 0.325. The van der Waals surface area contributed by atoms with E-state index >= 15 is 0 Å². The van der Waals surface area contributed by atoms with Crippen LogP contribution in [0.1, 0.15) is 39.3 Å². The molecule has 3 heterocycles. The van der Waals surface area contributed by atoms with E-state index in [1.807, 2.05) is 48.6 Å². The molecule has 1 saturated heterocycles. The van der Waals surface area contributed by atoms with E-state index in [0.29, 0.717) is 19.5 Å². The normalized spacial score (nSPS) is 17.2. The van der Waals surface area contributed by atoms with Crippen LogP contribution in [0.4, 0.5) is 4.79 Å². The monoisotopic (exact) mass is 435 g/mol. The van der Waals surface area contributed by atoms with Gasteiger partial charge in [0, 0.05) is 32.1 Å². The molecule has 1 atom stereocenters. The Morgan fingerprint density at radius 1 is 1.34 bits per heavy atom. The van der Waals surface area contributed by atoms with Gasteiger partial charge in [-0.3, -0.25) is 4.79 Å². The van der Waals surface area contributed by atoms with Crippen molar-refractivity contribution in [2.45, 2.75) is 45.6 Å². The van der Waals surface area contributed by atoms with Crippen molar-refractivity contribution in [2.24, 2.45) is 5.92 Å². The van der Waals surface area contributed by atoms with E-state index in [2.05, 4.69) is 4.98 Å². The summed E-state index contributed by atoms with van der Waals surface area (Å²) < 4.78 is 5.43. The number of carbonyl (C=O) groups is 2. The first-order valence-corrected chi connectivity index (χ1v) is 11.7. The summed E-state index contributed by atoms with van der Waals surface area (Å²) in [5.74, 6) is 0.375. The predicted molar refractivity (Wildman–Crippen MR) is 117 cm³/mol. The molecule has 158 valence electrons. The lowest BCUT2D eigenvalue weighted by Gasteiger charge is -2.35. The molecule has 6 nitrogen and oxygen atoms in total. The molecule has 2 amide bonds. The van der Waals surface area contributed by atoms with Crippen LogP contribution in [-0.2, 0) is 16.0 Å². The van der Waals surface area contributed by atoms with Crippen molar-refractivity contribution in [1.29, 1.82) is 0 Å². The Balaban J connectivity index is 1.52. The summed E-state index contributed by atoms with van der Waals surface area (Å²) in [6.07, 6.45) is 1.98. The van der Waals surface area contributed by atoms with E-state index in [9.17, 15) is 9.59 Å². The number of nitrogens with zero attached hydrogens (tertiary/aromatic N) is 3. The Kier molecular flexibility index (Phi) is 6.95. The third-order valence-corrected chi connectivity index (χ3v) is 6.66. The first-order chi connectivity index (χ1) is 13.7. The van der Waals surface area contributed by atoms with E-state index in [1.165, 1.54) is 0 Å². The van der Waals surface area contributed by atoms with Crippen LogP contribution in [0.2, 0.25) is 0 Å². The fourth-order valence-electron chi connectivity index (χ4n) is 3.41. The topological polar surface area (TPSA) is 62.7 Å². The van der Waals surface area contributed by atoms with Crippen molar-refractivity contribution in [3.8, 4) is 9.88 Å². The van der Waals surface area contributed by atoms with Crippen LogP contribution >= 0.6 is 22.7 Å². The van der Waals surface area contributed by atoms with Crippen molar-refractivity contribution < 1.29 is 14.3 Å². The predicted octanol–water partition coefficient (Wildman–Crippen LogP) is 4.52. The van der Waals surface area contributed by atoms with Gasteiger partial charge in [0.15, 0.2) is 0 Å². The van der Waals surface area contributed by atoms with E-state index in [0.717, 1.165) is 35.0 Å². The average Bonchev–Trinajstić information content (AvgIpc) is 3.32. The van der Waals surface area contributed by atoms with Gasteiger partial charge in [-0.1, -0.05) is 6.07 Å². The molecule has 2 aromatic heterocycles. The van der Waals surface area contributed by atoms with E-state index in [4.69, 9.17) is 4.74 Å². The van der Waals surface area contributed by atoms with Crippen molar-refractivity contribution in [3.05, 3.63) is 28.6 Å². The van der Waals surface area contributed by atoms with E-state index in [1.54, 1.807) is 34.6 Å². The lowest BCUT2D eigenvalue weighted by Crippen LogP contribution is -2.45. The highest BCUT2D eigenvalue weighted by Gasteiger charge is 2.27. The molecule has 29 heavy (non-hydrogen) atoms. The van der Waals surface area contributed by atoms with Gasteiger partial charge in [-0.05, 0) is 51.0 Å². The number of thiazole rings is 1. The molecular weight excluding hydrogens is 406 g/mol. The number of likely N-dealkylation sites (tertiary alicyclic amines) is 1. The van der Waals surface area contributed by atoms with Crippen LogP contribution in [-0.4, -0.2) is 59.1 Å². The fourth-order valence-corrected chi connectivity index (χ4v) is 5.04. The summed E-state index contributed by atoms with van der Waals surface area (Å²) >= 11 is 3.24. The summed E-state index contributed by atoms with van der Waals surface area (Å²) in [6, 6.07) is 4.06. The number of hydrogen-bond donors (Lipinski definition) is 0. The quantitative estimate of drug-likeness (QED) is 0.693. The maximum Gasteiger partial charge on any atom is 0.410 e. The molecule has 1 unspecified atom stereocenters. The number of rotatable bonds is 5. The van der Waals surface area contributed by atoms with Crippen molar-refractivity contribution in [3.63, 3.8) is 0 Å². The van der Waals surface area contributed by atoms with Gasteiger partial charge in [-0.25, -0.2) is 9.78 Å². The standard InChI is InChI=1S/C21H29N3O3S2/c1-21(2,3)27-20(26)23(4)12-15-7-5-9-24(13-15)18(25)11-16-14-29-19(22-16)17-8-6-10-28-17/h6,8,10,14-15H,5,7,9,11-13H2,1-4H3. The molecule has 2 aromatic rings. The van der Waals surface area contributed by atoms with Crippen LogP contribution in [0.15, 0.2) is 22.9 Å². The Labute approximate surface area is 180 Å². The highest BCUT2D eigenvalue weighted by molar-refractivity contribution is 7.20.